The third-order valence-electron chi connectivity index (χ3n) is 2.33. The quantitative estimate of drug-likeness (QED) is 0.724. The minimum absolute atomic E-state index is 0.00710. The van der Waals surface area contributed by atoms with Crippen molar-refractivity contribution >= 4 is 11.7 Å². The molecule has 0 atom stereocenters. The molecule has 1 aromatic rings. The molecule has 3 nitrogen and oxygen atoms in total. The second-order valence-corrected chi connectivity index (χ2v) is 5.62. The van der Waals surface area contributed by atoms with E-state index < -0.39 is 40.7 Å². The van der Waals surface area contributed by atoms with Crippen LogP contribution in [0.3, 0.4) is 0 Å². The van der Waals surface area contributed by atoms with Gasteiger partial charge in [0.1, 0.15) is 0 Å². The van der Waals surface area contributed by atoms with Gasteiger partial charge in [0, 0.05) is 11.2 Å². The van der Waals surface area contributed by atoms with Crippen LogP contribution in [0.2, 0.25) is 0 Å². The summed E-state index contributed by atoms with van der Waals surface area (Å²) in [4.78, 5) is 11.6. The maximum absolute atomic E-state index is 12.6. The Morgan fingerprint density at radius 2 is 1.27 bits per heavy atom. The van der Waals surface area contributed by atoms with Crippen molar-refractivity contribution in [3.63, 3.8) is 0 Å². The van der Waals surface area contributed by atoms with Gasteiger partial charge in [-0.1, -0.05) is 0 Å². The number of halogens is 6. The summed E-state index contributed by atoms with van der Waals surface area (Å²) in [6.45, 7) is 4.83. The van der Waals surface area contributed by atoms with E-state index in [4.69, 9.17) is 0 Å². The molecule has 0 aliphatic carbocycles. The Kier molecular flexibility index (Phi) is 4.69. The third-order valence-corrected chi connectivity index (χ3v) is 2.33. The summed E-state index contributed by atoms with van der Waals surface area (Å²) in [6.07, 6.45) is -9.92. The molecule has 0 bridgehead atoms. The van der Waals surface area contributed by atoms with E-state index in [1.165, 1.54) is 0 Å². The van der Waals surface area contributed by atoms with Crippen LogP contribution < -0.4 is 10.6 Å². The highest BCUT2D eigenvalue weighted by atomic mass is 19.4. The lowest BCUT2D eigenvalue weighted by Gasteiger charge is -2.21. The molecule has 1 aromatic carbocycles. The smallest absolute Gasteiger partial charge is 0.333 e. The van der Waals surface area contributed by atoms with E-state index in [1.807, 2.05) is 5.32 Å². The number of urea groups is 1. The summed E-state index contributed by atoms with van der Waals surface area (Å²) in [6, 6.07) is -0.0260. The summed E-state index contributed by atoms with van der Waals surface area (Å²) in [5, 5.41) is 4.34. The number of carbonyl (C=O) groups excluding carboxylic acids is 1. The Labute approximate surface area is 122 Å². The van der Waals surface area contributed by atoms with Gasteiger partial charge in [0.2, 0.25) is 0 Å². The van der Waals surface area contributed by atoms with Crippen LogP contribution in [0, 0.1) is 0 Å². The summed E-state index contributed by atoms with van der Waals surface area (Å²) >= 11 is 0. The number of anilines is 1. The van der Waals surface area contributed by atoms with Crippen molar-refractivity contribution in [2.24, 2.45) is 0 Å². The molecule has 124 valence electrons. The van der Waals surface area contributed by atoms with Crippen molar-refractivity contribution in [2.45, 2.75) is 38.7 Å². The number of benzene rings is 1. The first-order valence-electron chi connectivity index (χ1n) is 6.07. The Hall–Kier alpha value is -1.93. The van der Waals surface area contributed by atoms with Crippen LogP contribution in [0.15, 0.2) is 18.2 Å². The first-order valence-corrected chi connectivity index (χ1v) is 6.07. The maximum atomic E-state index is 12.6. The molecule has 0 spiro atoms. The van der Waals surface area contributed by atoms with E-state index in [2.05, 4.69) is 5.32 Å². The molecule has 0 aromatic heterocycles. The van der Waals surface area contributed by atoms with Crippen molar-refractivity contribution < 1.29 is 31.1 Å². The molecule has 0 aliphatic rings. The standard InChI is InChI=1S/C13H14F6N2O/c1-11(2,3)21-10(22)20-9-5-7(12(14,15)16)4-8(6-9)13(17,18)19/h4-6H,1-3H3,(H2,20,21,22). The number of hydrogen-bond donors (Lipinski definition) is 2. The second kappa shape index (κ2) is 5.69. The second-order valence-electron chi connectivity index (χ2n) is 5.62. The number of hydrogen-bond acceptors (Lipinski definition) is 1. The van der Waals surface area contributed by atoms with Crippen LogP contribution in [-0.2, 0) is 12.4 Å². The highest BCUT2D eigenvalue weighted by molar-refractivity contribution is 5.90. The monoisotopic (exact) mass is 328 g/mol. The van der Waals surface area contributed by atoms with E-state index >= 15 is 0 Å². The fourth-order valence-electron chi connectivity index (χ4n) is 1.53. The molecular weight excluding hydrogens is 314 g/mol. The summed E-state index contributed by atoms with van der Waals surface area (Å²) in [5.41, 5.74) is -4.27. The van der Waals surface area contributed by atoms with Crippen molar-refractivity contribution in [3.8, 4) is 0 Å². The zero-order valence-electron chi connectivity index (χ0n) is 11.9. The lowest BCUT2D eigenvalue weighted by atomic mass is 10.1. The van der Waals surface area contributed by atoms with Crippen molar-refractivity contribution in [1.82, 2.24) is 5.32 Å². The largest absolute Gasteiger partial charge is 0.416 e. The van der Waals surface area contributed by atoms with E-state index in [0.717, 1.165) is 0 Å². The fourth-order valence-corrected chi connectivity index (χ4v) is 1.53. The molecule has 2 amide bonds. The first kappa shape index (κ1) is 18.1. The van der Waals surface area contributed by atoms with Gasteiger partial charge in [0.25, 0.3) is 0 Å². The van der Waals surface area contributed by atoms with Crippen LogP contribution >= 0.6 is 0 Å². The van der Waals surface area contributed by atoms with Crippen LogP contribution in [0.5, 0.6) is 0 Å². The highest BCUT2D eigenvalue weighted by Gasteiger charge is 2.37. The summed E-state index contributed by atoms with van der Waals surface area (Å²) in [5.74, 6) is 0. The Morgan fingerprint density at radius 3 is 1.59 bits per heavy atom. The summed E-state index contributed by atoms with van der Waals surface area (Å²) < 4.78 is 75.9. The van der Waals surface area contributed by atoms with Crippen LogP contribution in [0.1, 0.15) is 31.9 Å². The molecule has 0 saturated carbocycles. The lowest BCUT2D eigenvalue weighted by molar-refractivity contribution is -0.143. The van der Waals surface area contributed by atoms with E-state index in [0.29, 0.717) is 12.1 Å². The van der Waals surface area contributed by atoms with Gasteiger partial charge in [0.15, 0.2) is 0 Å². The lowest BCUT2D eigenvalue weighted by Crippen LogP contribution is -2.43. The maximum Gasteiger partial charge on any atom is 0.416 e. The molecule has 0 unspecified atom stereocenters. The number of rotatable bonds is 1. The number of alkyl halides is 6. The van der Waals surface area contributed by atoms with Crippen molar-refractivity contribution in [3.05, 3.63) is 29.3 Å². The van der Waals surface area contributed by atoms with Gasteiger partial charge >= 0.3 is 18.4 Å². The SMILES string of the molecule is CC(C)(C)NC(=O)Nc1cc(C(F)(F)F)cc(C(F)(F)F)c1. The van der Waals surface area contributed by atoms with Gasteiger partial charge in [0.05, 0.1) is 11.1 Å². The van der Waals surface area contributed by atoms with Crippen LogP contribution in [0.25, 0.3) is 0 Å². The van der Waals surface area contributed by atoms with E-state index in [9.17, 15) is 31.1 Å². The zero-order chi connectivity index (χ0) is 17.3. The minimum atomic E-state index is -4.96. The van der Waals surface area contributed by atoms with Gasteiger partial charge in [-0.2, -0.15) is 26.3 Å². The highest BCUT2D eigenvalue weighted by Crippen LogP contribution is 2.37. The fraction of sp³-hybridized carbons (Fsp3) is 0.462. The van der Waals surface area contributed by atoms with Gasteiger partial charge in [-0.3, -0.25) is 0 Å². The Morgan fingerprint density at radius 1 is 0.864 bits per heavy atom. The molecule has 0 heterocycles. The molecule has 0 saturated heterocycles. The first-order chi connectivity index (χ1) is 9.68. The van der Waals surface area contributed by atoms with Gasteiger partial charge in [-0.15, -0.1) is 0 Å². The number of carbonyl (C=O) groups is 1. The van der Waals surface area contributed by atoms with Crippen LogP contribution in [0.4, 0.5) is 36.8 Å². The molecule has 22 heavy (non-hydrogen) atoms. The molecule has 0 aliphatic heterocycles. The predicted octanol–water partition coefficient (Wildman–Crippen LogP) is 4.64. The predicted molar refractivity (Wildman–Crippen MR) is 68.4 cm³/mol. The number of nitrogens with one attached hydrogen (secondary N) is 2. The Bertz CT molecular complexity index is 525. The Balaban J connectivity index is 3.17. The molecule has 0 radical (unpaired) electrons. The van der Waals surface area contributed by atoms with Crippen LogP contribution in [-0.4, -0.2) is 11.6 Å². The third kappa shape index (κ3) is 5.45. The molecule has 1 rings (SSSR count). The average Bonchev–Trinajstić information content (AvgIpc) is 2.23. The van der Waals surface area contributed by atoms with Gasteiger partial charge in [-0.05, 0) is 39.0 Å². The zero-order valence-corrected chi connectivity index (χ0v) is 11.9. The topological polar surface area (TPSA) is 41.1 Å². The van der Waals surface area contributed by atoms with Gasteiger partial charge < -0.3 is 10.6 Å². The average molecular weight is 328 g/mol. The van der Waals surface area contributed by atoms with Gasteiger partial charge in [-0.25, -0.2) is 4.79 Å². The normalized spacial score (nSPS) is 13.0. The van der Waals surface area contributed by atoms with E-state index in [1.54, 1.807) is 20.8 Å². The molecule has 2 N–H and O–H groups in total. The number of amides is 2. The van der Waals surface area contributed by atoms with E-state index in [-0.39, 0.29) is 6.07 Å². The van der Waals surface area contributed by atoms with Crippen molar-refractivity contribution in [2.75, 3.05) is 5.32 Å². The molecule has 0 fully saturated rings. The minimum Gasteiger partial charge on any atom is -0.333 e. The molecular formula is C13H14F6N2O. The molecule has 9 heteroatoms. The summed E-state index contributed by atoms with van der Waals surface area (Å²) in [7, 11) is 0. The van der Waals surface area contributed by atoms with Crippen molar-refractivity contribution in [1.29, 1.82) is 0 Å².